The Morgan fingerprint density at radius 3 is 2.23 bits per heavy atom. The molecule has 2 fully saturated rings. The molecule has 1 saturated carbocycles. The van der Waals surface area contributed by atoms with Crippen LogP contribution in [0.4, 0.5) is 0 Å². The summed E-state index contributed by atoms with van der Waals surface area (Å²) in [6.45, 7) is 1.28. The van der Waals surface area contributed by atoms with Gasteiger partial charge in [-0.2, -0.15) is 0 Å². The number of amides is 2. The van der Waals surface area contributed by atoms with Crippen molar-refractivity contribution in [3.8, 4) is 16.9 Å². The van der Waals surface area contributed by atoms with E-state index in [1.54, 1.807) is 14.2 Å². The Kier molecular flexibility index (Phi) is 6.30. The number of nitrogens with one attached hydrogen (secondary N) is 1. The van der Waals surface area contributed by atoms with Gasteiger partial charge in [-0.05, 0) is 60.9 Å². The summed E-state index contributed by atoms with van der Waals surface area (Å²) < 4.78 is 5.24. The number of piperidine rings is 1. The molecule has 1 aliphatic carbocycles. The maximum atomic E-state index is 13.0. The monoisotopic (exact) mass is 420 g/mol. The van der Waals surface area contributed by atoms with Crippen LogP contribution in [0, 0.1) is 11.3 Å². The average Bonchev–Trinajstić information content (AvgIpc) is 2.78. The molecule has 1 saturated heterocycles. The Hall–Kier alpha value is -2.82. The molecule has 0 bridgehead atoms. The van der Waals surface area contributed by atoms with E-state index >= 15 is 0 Å². The van der Waals surface area contributed by atoms with E-state index in [4.69, 9.17) is 4.74 Å². The van der Waals surface area contributed by atoms with Crippen molar-refractivity contribution in [2.75, 3.05) is 27.2 Å². The van der Waals surface area contributed by atoms with Crippen LogP contribution >= 0.6 is 0 Å². The number of ether oxygens (including phenoxy) is 1. The summed E-state index contributed by atoms with van der Waals surface area (Å²) in [5.41, 5.74) is 2.82. The van der Waals surface area contributed by atoms with Crippen LogP contribution in [-0.4, -0.2) is 44.0 Å². The standard InChI is InChI=1S/C26H32N2O3/c1-27-25(30)26(15-4-16-28(18-26)24(29)22-5-3-6-22)17-19-7-9-20(10-8-19)21-11-13-23(31-2)14-12-21/h7-14,22H,3-6,15-18H2,1-2H3,(H,27,30). The second-order valence-electron chi connectivity index (χ2n) is 8.95. The second-order valence-corrected chi connectivity index (χ2v) is 8.95. The zero-order valence-corrected chi connectivity index (χ0v) is 18.5. The number of carbonyl (C=O) groups excluding carboxylic acids is 2. The first-order valence-electron chi connectivity index (χ1n) is 11.3. The molecule has 1 heterocycles. The summed E-state index contributed by atoms with van der Waals surface area (Å²) in [7, 11) is 3.36. The van der Waals surface area contributed by atoms with Gasteiger partial charge in [-0.1, -0.05) is 42.8 Å². The number of likely N-dealkylation sites (tertiary alicyclic amines) is 1. The molecule has 5 nitrogen and oxygen atoms in total. The van der Waals surface area contributed by atoms with Crippen molar-refractivity contribution < 1.29 is 14.3 Å². The zero-order chi connectivity index (χ0) is 21.8. The fourth-order valence-electron chi connectivity index (χ4n) is 4.90. The summed E-state index contributed by atoms with van der Waals surface area (Å²) in [4.78, 5) is 27.8. The summed E-state index contributed by atoms with van der Waals surface area (Å²) in [6.07, 6.45) is 5.46. The summed E-state index contributed by atoms with van der Waals surface area (Å²) in [5.74, 6) is 1.29. The topological polar surface area (TPSA) is 58.6 Å². The summed E-state index contributed by atoms with van der Waals surface area (Å²) in [5, 5.41) is 2.87. The van der Waals surface area contributed by atoms with Gasteiger partial charge in [0.2, 0.25) is 11.8 Å². The molecule has 0 spiro atoms. The normalized spacial score (nSPS) is 21.3. The van der Waals surface area contributed by atoms with Crippen LogP contribution in [0.3, 0.4) is 0 Å². The van der Waals surface area contributed by atoms with E-state index in [1.165, 1.54) is 0 Å². The number of methoxy groups -OCH3 is 1. The molecule has 2 amide bonds. The first-order chi connectivity index (χ1) is 15.0. The van der Waals surface area contributed by atoms with Crippen molar-refractivity contribution in [2.24, 2.45) is 11.3 Å². The molecule has 1 aliphatic heterocycles. The smallest absolute Gasteiger partial charge is 0.228 e. The van der Waals surface area contributed by atoms with Crippen LogP contribution in [0.25, 0.3) is 11.1 Å². The first kappa shape index (κ1) is 21.4. The van der Waals surface area contributed by atoms with E-state index < -0.39 is 5.41 Å². The minimum absolute atomic E-state index is 0.0397. The largest absolute Gasteiger partial charge is 0.497 e. The predicted molar refractivity (Wildman–Crippen MR) is 122 cm³/mol. The molecule has 2 aromatic rings. The van der Waals surface area contributed by atoms with Gasteiger partial charge in [-0.3, -0.25) is 9.59 Å². The highest BCUT2D eigenvalue weighted by Crippen LogP contribution is 2.37. The molecular weight excluding hydrogens is 388 g/mol. The van der Waals surface area contributed by atoms with E-state index in [2.05, 4.69) is 29.6 Å². The highest BCUT2D eigenvalue weighted by Gasteiger charge is 2.44. The van der Waals surface area contributed by atoms with E-state index in [1.807, 2.05) is 29.2 Å². The molecular formula is C26H32N2O3. The van der Waals surface area contributed by atoms with E-state index in [0.717, 1.165) is 61.1 Å². The van der Waals surface area contributed by atoms with Gasteiger partial charge in [0.1, 0.15) is 5.75 Å². The van der Waals surface area contributed by atoms with E-state index in [-0.39, 0.29) is 17.7 Å². The molecule has 0 aromatic heterocycles. The van der Waals surface area contributed by atoms with Crippen LogP contribution in [0.15, 0.2) is 48.5 Å². The minimum atomic E-state index is -0.561. The van der Waals surface area contributed by atoms with Gasteiger partial charge < -0.3 is 15.0 Å². The summed E-state index contributed by atoms with van der Waals surface area (Å²) >= 11 is 0. The lowest BCUT2D eigenvalue weighted by atomic mass is 9.73. The Morgan fingerprint density at radius 1 is 1.03 bits per heavy atom. The van der Waals surface area contributed by atoms with Gasteiger partial charge in [0.25, 0.3) is 0 Å². The molecule has 4 rings (SSSR count). The lowest BCUT2D eigenvalue weighted by Gasteiger charge is -2.43. The number of nitrogens with zero attached hydrogens (tertiary/aromatic N) is 1. The maximum absolute atomic E-state index is 13.0. The molecule has 164 valence electrons. The third kappa shape index (κ3) is 4.46. The lowest BCUT2D eigenvalue weighted by Crippen LogP contribution is -2.55. The Balaban J connectivity index is 1.52. The van der Waals surface area contributed by atoms with Gasteiger partial charge in [0, 0.05) is 26.1 Å². The van der Waals surface area contributed by atoms with Gasteiger partial charge in [-0.25, -0.2) is 0 Å². The van der Waals surface area contributed by atoms with Crippen molar-refractivity contribution in [1.29, 1.82) is 0 Å². The second kappa shape index (κ2) is 9.13. The fourth-order valence-corrected chi connectivity index (χ4v) is 4.90. The Bertz CT molecular complexity index is 919. The molecule has 2 aliphatic rings. The summed E-state index contributed by atoms with van der Waals surface area (Å²) in [6, 6.07) is 16.4. The number of hydrogen-bond acceptors (Lipinski definition) is 3. The van der Waals surface area contributed by atoms with Crippen LogP contribution in [0.1, 0.15) is 37.7 Å². The van der Waals surface area contributed by atoms with Crippen LogP contribution in [-0.2, 0) is 16.0 Å². The third-order valence-electron chi connectivity index (χ3n) is 6.97. The van der Waals surface area contributed by atoms with Crippen molar-refractivity contribution >= 4 is 11.8 Å². The van der Waals surface area contributed by atoms with Crippen LogP contribution < -0.4 is 10.1 Å². The molecule has 5 heteroatoms. The lowest BCUT2D eigenvalue weighted by molar-refractivity contribution is -0.146. The van der Waals surface area contributed by atoms with Crippen LogP contribution in [0.5, 0.6) is 5.75 Å². The molecule has 1 unspecified atom stereocenters. The van der Waals surface area contributed by atoms with Gasteiger partial charge in [0.15, 0.2) is 0 Å². The van der Waals surface area contributed by atoms with Gasteiger partial charge >= 0.3 is 0 Å². The zero-order valence-electron chi connectivity index (χ0n) is 18.5. The number of hydrogen-bond donors (Lipinski definition) is 1. The van der Waals surface area contributed by atoms with Crippen molar-refractivity contribution in [1.82, 2.24) is 10.2 Å². The van der Waals surface area contributed by atoms with Gasteiger partial charge in [-0.15, -0.1) is 0 Å². The average molecular weight is 421 g/mol. The molecule has 1 atom stereocenters. The van der Waals surface area contributed by atoms with Crippen LogP contribution in [0.2, 0.25) is 0 Å². The molecule has 31 heavy (non-hydrogen) atoms. The maximum Gasteiger partial charge on any atom is 0.228 e. The Morgan fingerprint density at radius 2 is 1.68 bits per heavy atom. The van der Waals surface area contributed by atoms with Crippen molar-refractivity contribution in [3.63, 3.8) is 0 Å². The third-order valence-corrected chi connectivity index (χ3v) is 6.97. The van der Waals surface area contributed by atoms with Crippen molar-refractivity contribution in [2.45, 2.75) is 38.5 Å². The highest BCUT2D eigenvalue weighted by molar-refractivity contribution is 5.85. The quantitative estimate of drug-likeness (QED) is 0.767. The van der Waals surface area contributed by atoms with Crippen molar-refractivity contribution in [3.05, 3.63) is 54.1 Å². The Labute approximate surface area is 184 Å². The van der Waals surface area contributed by atoms with E-state index in [9.17, 15) is 9.59 Å². The predicted octanol–water partition coefficient (Wildman–Crippen LogP) is 4.06. The molecule has 1 N–H and O–H groups in total. The van der Waals surface area contributed by atoms with Gasteiger partial charge in [0.05, 0.1) is 12.5 Å². The first-order valence-corrected chi connectivity index (χ1v) is 11.3. The highest BCUT2D eigenvalue weighted by atomic mass is 16.5. The van der Waals surface area contributed by atoms with E-state index in [0.29, 0.717) is 13.0 Å². The number of carbonyl (C=O) groups is 2. The minimum Gasteiger partial charge on any atom is -0.497 e. The number of benzene rings is 2. The molecule has 2 aromatic carbocycles. The molecule has 0 radical (unpaired) electrons. The SMILES string of the molecule is CNC(=O)C1(Cc2ccc(-c3ccc(OC)cc3)cc2)CCCN(C(=O)C2CCC2)C1. The number of rotatable bonds is 6. The fraction of sp³-hybridized carbons (Fsp3) is 0.462.